The van der Waals surface area contributed by atoms with Crippen LogP contribution in [-0.2, 0) is 30.1 Å². The minimum atomic E-state index is -3.04. The van der Waals surface area contributed by atoms with Gasteiger partial charge in [0.25, 0.3) is 0 Å². The van der Waals surface area contributed by atoms with Crippen molar-refractivity contribution in [2.45, 2.75) is 23.2 Å². The number of rotatable bonds is 8. The zero-order valence-electron chi connectivity index (χ0n) is 20.3. The fourth-order valence-corrected chi connectivity index (χ4v) is 5.07. The molecule has 0 aliphatic heterocycles. The molecule has 1 atom stereocenters. The van der Waals surface area contributed by atoms with Crippen molar-refractivity contribution in [2.75, 3.05) is 17.7 Å². The third-order valence-corrected chi connectivity index (χ3v) is 7.87. The summed E-state index contributed by atoms with van der Waals surface area (Å²) in [5.74, 6) is -0.398. The van der Waals surface area contributed by atoms with Crippen LogP contribution in [0, 0.1) is 10.6 Å². The van der Waals surface area contributed by atoms with Crippen molar-refractivity contribution in [3.63, 3.8) is 0 Å². The number of hydrogen-bond donors (Lipinski definition) is 4. The molecule has 0 spiro atoms. The van der Waals surface area contributed by atoms with Crippen LogP contribution in [0.2, 0.25) is 0 Å². The molecule has 8 nitrogen and oxygen atoms in total. The van der Waals surface area contributed by atoms with E-state index in [4.69, 9.17) is 20.7 Å². The van der Waals surface area contributed by atoms with Gasteiger partial charge in [-0.25, -0.2) is 14.2 Å². The second-order valence-corrected chi connectivity index (χ2v) is 11.9. The molecule has 1 fully saturated rings. The summed E-state index contributed by atoms with van der Waals surface area (Å²) in [7, 11) is -1.60. The van der Waals surface area contributed by atoms with E-state index in [2.05, 4.69) is 20.6 Å². The highest BCUT2D eigenvalue weighted by molar-refractivity contribution is 8.30. The van der Waals surface area contributed by atoms with E-state index in [-0.39, 0.29) is 23.4 Å². The Morgan fingerprint density at radius 1 is 1.13 bits per heavy atom. The number of nitrogens with one attached hydrogen (secondary N) is 3. The first-order chi connectivity index (χ1) is 18.2. The summed E-state index contributed by atoms with van der Waals surface area (Å²) in [6.45, 7) is 0. The van der Waals surface area contributed by atoms with Crippen molar-refractivity contribution in [2.24, 2.45) is 0 Å². The normalized spacial score (nSPS) is 15.2. The van der Waals surface area contributed by atoms with Gasteiger partial charge in [-0.2, -0.15) is 4.98 Å². The van der Waals surface area contributed by atoms with Crippen LogP contribution in [0.15, 0.2) is 83.9 Å². The lowest BCUT2D eigenvalue weighted by Crippen LogP contribution is -2.28. The van der Waals surface area contributed by atoms with Gasteiger partial charge in [0.1, 0.15) is 5.82 Å². The molecule has 1 aromatic heterocycles. The van der Waals surface area contributed by atoms with E-state index in [1.165, 1.54) is 25.4 Å². The molecule has 1 aliphatic carbocycles. The summed E-state index contributed by atoms with van der Waals surface area (Å²) in [6.07, 6.45) is 2.94. The molecule has 1 amide bonds. The van der Waals surface area contributed by atoms with Gasteiger partial charge < -0.3 is 19.9 Å². The smallest absolute Gasteiger partial charge is 0.235 e. The van der Waals surface area contributed by atoms with Gasteiger partial charge in [0.15, 0.2) is 0 Å². The van der Waals surface area contributed by atoms with Crippen molar-refractivity contribution in [3.8, 4) is 17.0 Å². The van der Waals surface area contributed by atoms with E-state index in [0.29, 0.717) is 21.7 Å². The van der Waals surface area contributed by atoms with Crippen LogP contribution in [-0.4, -0.2) is 27.5 Å². The Hall–Kier alpha value is -3.93. The number of aromatic nitrogens is 2. The monoisotopic (exact) mass is 549 g/mol. The lowest BCUT2D eigenvalue weighted by molar-refractivity contribution is -0.118. The second kappa shape index (κ2) is 10.1. The summed E-state index contributed by atoms with van der Waals surface area (Å²) in [5, 5.41) is 5.74. The van der Waals surface area contributed by atoms with Gasteiger partial charge >= 0.3 is 0 Å². The number of methoxy groups -OCH3 is 1. The van der Waals surface area contributed by atoms with E-state index in [1.54, 1.807) is 30.3 Å². The molecular weight excluding hydrogens is 525 g/mol. The largest absolute Gasteiger partial charge is 0.480 e. The average Bonchev–Trinajstić information content (AvgIpc) is 3.72. The highest BCUT2D eigenvalue weighted by Crippen LogP contribution is 2.49. The molecule has 1 heterocycles. The van der Waals surface area contributed by atoms with Crippen LogP contribution in [0.1, 0.15) is 18.4 Å². The number of carbonyl (C=O) groups excluding carboxylic acids is 1. The summed E-state index contributed by atoms with van der Waals surface area (Å²) in [4.78, 5) is 22.0. The summed E-state index contributed by atoms with van der Waals surface area (Å²) in [5.41, 5.74) is 1.88. The summed E-state index contributed by atoms with van der Waals surface area (Å²) < 4.78 is 38.1. The van der Waals surface area contributed by atoms with E-state index in [1.807, 2.05) is 30.3 Å². The van der Waals surface area contributed by atoms with Gasteiger partial charge in [0.2, 0.25) is 17.7 Å². The lowest BCUT2D eigenvalue weighted by Gasteiger charge is -2.17. The van der Waals surface area contributed by atoms with Crippen molar-refractivity contribution < 1.29 is 18.5 Å². The second-order valence-electron chi connectivity index (χ2n) is 8.89. The molecule has 1 unspecified atom stereocenters. The number of benzene rings is 3. The van der Waals surface area contributed by atoms with Crippen molar-refractivity contribution in [3.05, 3.63) is 90.4 Å². The first-order valence-electron chi connectivity index (χ1n) is 11.7. The third kappa shape index (κ3) is 5.21. The maximum Gasteiger partial charge on any atom is 0.235 e. The predicted octanol–water partition coefficient (Wildman–Crippen LogP) is 5.92. The van der Waals surface area contributed by atoms with E-state index >= 15 is 4.39 Å². The summed E-state index contributed by atoms with van der Waals surface area (Å²) >= 11 is 4.85. The van der Waals surface area contributed by atoms with Crippen molar-refractivity contribution in [1.29, 1.82) is 4.78 Å². The van der Waals surface area contributed by atoms with Crippen LogP contribution >= 0.6 is 0 Å². The average molecular weight is 550 g/mol. The third-order valence-electron chi connectivity index (χ3n) is 6.40. The van der Waals surface area contributed by atoms with Crippen LogP contribution in [0.3, 0.4) is 0 Å². The number of amides is 1. The fraction of sp³-hybridized carbons (Fsp3) is 0.148. The predicted molar refractivity (Wildman–Crippen MR) is 148 cm³/mol. The Kier molecular flexibility index (Phi) is 6.82. The Balaban J connectivity index is 1.35. The quantitative estimate of drug-likeness (QED) is 0.215. The molecule has 4 aromatic rings. The van der Waals surface area contributed by atoms with E-state index in [0.717, 1.165) is 18.4 Å². The highest BCUT2D eigenvalue weighted by Gasteiger charge is 2.51. The number of anilines is 3. The number of nitrogens with zero attached hydrogens (tertiary/aromatic N) is 2. The highest BCUT2D eigenvalue weighted by atomic mass is 32.8. The van der Waals surface area contributed by atoms with Gasteiger partial charge in [0.05, 0.1) is 32.4 Å². The van der Waals surface area contributed by atoms with Crippen molar-refractivity contribution >= 4 is 43.1 Å². The van der Waals surface area contributed by atoms with Crippen LogP contribution in [0.5, 0.6) is 5.88 Å². The van der Waals surface area contributed by atoms with Gasteiger partial charge in [-0.05, 0) is 65.5 Å². The SMILES string of the molecule is COc1nc(Nc2cccc(S(=N)(O)=S)c2)ncc1-c1ccc(NC(=O)C2(c3ccccc3)CC2)c(F)c1. The van der Waals surface area contributed by atoms with Gasteiger partial charge in [-0.3, -0.25) is 4.79 Å². The molecule has 38 heavy (non-hydrogen) atoms. The molecular formula is C27H24FN5O3S2. The molecule has 0 bridgehead atoms. The van der Waals surface area contributed by atoms with Crippen molar-refractivity contribution in [1.82, 2.24) is 9.97 Å². The zero-order valence-corrected chi connectivity index (χ0v) is 21.9. The molecule has 0 saturated heterocycles. The molecule has 4 N–H and O–H groups in total. The first kappa shape index (κ1) is 25.7. The molecule has 1 aliphatic rings. The van der Waals surface area contributed by atoms with E-state index < -0.39 is 19.9 Å². The van der Waals surface area contributed by atoms with Crippen LogP contribution in [0.25, 0.3) is 11.1 Å². The Morgan fingerprint density at radius 2 is 1.89 bits per heavy atom. The molecule has 194 valence electrons. The van der Waals surface area contributed by atoms with Gasteiger partial charge in [-0.1, -0.05) is 42.5 Å². The molecule has 1 saturated carbocycles. The minimum absolute atomic E-state index is 0.0947. The molecule has 0 radical (unpaired) electrons. The molecule has 3 aromatic carbocycles. The Labute approximate surface area is 224 Å². The van der Waals surface area contributed by atoms with Gasteiger partial charge in [-0.15, -0.1) is 0 Å². The number of carbonyl (C=O) groups is 1. The zero-order chi connectivity index (χ0) is 26.9. The number of hydrogen-bond acceptors (Lipinski definition) is 7. The Bertz CT molecular complexity index is 1630. The van der Waals surface area contributed by atoms with Gasteiger partial charge in [0, 0.05) is 16.8 Å². The fourth-order valence-electron chi connectivity index (χ4n) is 4.21. The summed E-state index contributed by atoms with van der Waals surface area (Å²) in [6, 6.07) is 20.5. The van der Waals surface area contributed by atoms with E-state index in [9.17, 15) is 9.35 Å². The maximum atomic E-state index is 15.1. The maximum absolute atomic E-state index is 15.1. The molecule has 11 heteroatoms. The standard InChI is InChI=1S/C27H24FN5O3S2/c1-36-24-21(16-30-26(33-24)31-19-8-5-9-20(15-19)38(29,35)37)17-10-11-23(22(28)14-17)32-25(34)27(12-13-27)18-6-3-2-4-7-18/h2-11,14-16H,12-13H2,1H3,(H,32,34)(H2,29,35,37)(H,30,31,33). The lowest BCUT2D eigenvalue weighted by atomic mass is 9.95. The topological polar surface area (TPSA) is 120 Å². The van der Waals surface area contributed by atoms with Crippen LogP contribution in [0.4, 0.5) is 21.7 Å². The minimum Gasteiger partial charge on any atom is -0.480 e. The molecule has 5 rings (SSSR count). The van der Waals surface area contributed by atoms with Crippen LogP contribution < -0.4 is 15.4 Å². The first-order valence-corrected chi connectivity index (χ1v) is 14.2. The Morgan fingerprint density at radius 3 is 2.55 bits per heavy atom. The number of ether oxygens (including phenoxy) is 1. The number of halogens is 1.